The number of hydrogen-bond donors (Lipinski definition) is 1. The Morgan fingerprint density at radius 1 is 1.41 bits per heavy atom. The Balaban J connectivity index is 2.27. The number of rotatable bonds is 2. The van der Waals surface area contributed by atoms with Gasteiger partial charge in [-0.2, -0.15) is 5.26 Å². The van der Waals surface area contributed by atoms with Crippen LogP contribution >= 0.6 is 0 Å². The Morgan fingerprint density at radius 3 is 2.71 bits per heavy atom. The Labute approximate surface area is 102 Å². The Bertz CT molecular complexity index is 459. The Morgan fingerprint density at radius 2 is 2.12 bits per heavy atom. The summed E-state index contributed by atoms with van der Waals surface area (Å²) in [6.45, 7) is 2.07. The van der Waals surface area contributed by atoms with Gasteiger partial charge in [0.2, 0.25) is 0 Å². The van der Waals surface area contributed by atoms with Crippen molar-refractivity contribution in [1.29, 1.82) is 5.26 Å². The van der Waals surface area contributed by atoms with E-state index in [0.717, 1.165) is 18.4 Å². The van der Waals surface area contributed by atoms with Crippen molar-refractivity contribution in [3.8, 4) is 6.07 Å². The van der Waals surface area contributed by atoms with Crippen molar-refractivity contribution >= 4 is 0 Å². The van der Waals surface area contributed by atoms with E-state index >= 15 is 0 Å². The lowest BCUT2D eigenvalue weighted by Gasteiger charge is -2.29. The van der Waals surface area contributed by atoms with Crippen molar-refractivity contribution in [1.82, 2.24) is 0 Å². The SMILES string of the molecule is CC[C@H]1C[C@@H](c2ccccc2)OC(N)=C1C#N. The van der Waals surface area contributed by atoms with Crippen LogP contribution in [0, 0.1) is 17.2 Å². The van der Waals surface area contributed by atoms with Gasteiger partial charge in [-0.3, -0.25) is 0 Å². The number of benzene rings is 1. The topological polar surface area (TPSA) is 59.0 Å². The highest BCUT2D eigenvalue weighted by molar-refractivity contribution is 5.30. The van der Waals surface area contributed by atoms with E-state index in [-0.39, 0.29) is 12.0 Å². The summed E-state index contributed by atoms with van der Waals surface area (Å²) in [6, 6.07) is 12.2. The molecular weight excluding hydrogens is 212 g/mol. The maximum Gasteiger partial charge on any atom is 0.199 e. The summed E-state index contributed by atoms with van der Waals surface area (Å²) in [4.78, 5) is 0. The molecule has 1 heterocycles. The molecule has 3 heteroatoms. The fraction of sp³-hybridized carbons (Fsp3) is 0.357. The molecule has 1 aromatic rings. The third-order valence-electron chi connectivity index (χ3n) is 3.23. The van der Waals surface area contributed by atoms with Crippen LogP contribution in [0.4, 0.5) is 0 Å². The predicted molar refractivity (Wildman–Crippen MR) is 65.5 cm³/mol. The van der Waals surface area contributed by atoms with Gasteiger partial charge in [0.05, 0.1) is 5.57 Å². The van der Waals surface area contributed by atoms with Crippen molar-refractivity contribution in [2.45, 2.75) is 25.9 Å². The first-order valence-electron chi connectivity index (χ1n) is 5.87. The molecule has 0 radical (unpaired) electrons. The normalized spacial score (nSPS) is 24.0. The lowest BCUT2D eigenvalue weighted by molar-refractivity contribution is 0.0718. The lowest BCUT2D eigenvalue weighted by atomic mass is 9.87. The molecule has 2 atom stereocenters. The lowest BCUT2D eigenvalue weighted by Crippen LogP contribution is -2.23. The van der Waals surface area contributed by atoms with Crippen LogP contribution in [0.15, 0.2) is 41.8 Å². The van der Waals surface area contributed by atoms with E-state index in [1.807, 2.05) is 30.3 Å². The number of nitrogens with zero attached hydrogens (tertiary/aromatic N) is 1. The molecule has 0 spiro atoms. The van der Waals surface area contributed by atoms with Gasteiger partial charge in [0.15, 0.2) is 5.88 Å². The maximum atomic E-state index is 9.05. The largest absolute Gasteiger partial charge is 0.470 e. The molecule has 0 aliphatic carbocycles. The molecule has 1 aliphatic rings. The number of ether oxygens (including phenoxy) is 1. The second-order valence-corrected chi connectivity index (χ2v) is 4.25. The summed E-state index contributed by atoms with van der Waals surface area (Å²) in [5.41, 5.74) is 7.53. The standard InChI is InChI=1S/C14H16N2O/c1-2-10-8-13(11-6-4-3-5-7-11)17-14(16)12(10)9-15/h3-7,10,13H,2,8,16H2,1H3/t10-,13-/m0/s1. The minimum absolute atomic E-state index is 0.0294. The molecular formula is C14H16N2O. The van der Waals surface area contributed by atoms with E-state index in [0.29, 0.717) is 11.5 Å². The molecule has 3 nitrogen and oxygen atoms in total. The highest BCUT2D eigenvalue weighted by atomic mass is 16.5. The van der Waals surface area contributed by atoms with Gasteiger partial charge >= 0.3 is 0 Å². The highest BCUT2D eigenvalue weighted by Crippen LogP contribution is 2.37. The molecule has 0 bridgehead atoms. The number of allylic oxidation sites excluding steroid dienone is 1. The van der Waals surface area contributed by atoms with E-state index in [4.69, 9.17) is 15.7 Å². The molecule has 2 N–H and O–H groups in total. The first-order chi connectivity index (χ1) is 8.26. The van der Waals surface area contributed by atoms with Crippen LogP contribution in [0.25, 0.3) is 0 Å². The van der Waals surface area contributed by atoms with Crippen molar-refractivity contribution < 1.29 is 4.74 Å². The molecule has 0 amide bonds. The van der Waals surface area contributed by atoms with Gasteiger partial charge in [0.25, 0.3) is 0 Å². The summed E-state index contributed by atoms with van der Waals surface area (Å²) < 4.78 is 5.64. The van der Waals surface area contributed by atoms with E-state index in [2.05, 4.69) is 13.0 Å². The van der Waals surface area contributed by atoms with Gasteiger partial charge in [0, 0.05) is 5.92 Å². The third-order valence-corrected chi connectivity index (χ3v) is 3.23. The predicted octanol–water partition coefficient (Wildman–Crippen LogP) is 2.87. The Kier molecular flexibility index (Phi) is 3.34. The van der Waals surface area contributed by atoms with Crippen LogP contribution in [0.5, 0.6) is 0 Å². The first kappa shape index (κ1) is 11.5. The maximum absolute atomic E-state index is 9.05. The van der Waals surface area contributed by atoms with Gasteiger partial charge in [-0.15, -0.1) is 0 Å². The van der Waals surface area contributed by atoms with Gasteiger partial charge in [0.1, 0.15) is 12.2 Å². The minimum Gasteiger partial charge on any atom is -0.470 e. The summed E-state index contributed by atoms with van der Waals surface area (Å²) in [5.74, 6) is 0.499. The summed E-state index contributed by atoms with van der Waals surface area (Å²) in [5, 5.41) is 9.05. The van der Waals surface area contributed by atoms with Crippen LogP contribution in [0.1, 0.15) is 31.4 Å². The minimum atomic E-state index is -0.0294. The van der Waals surface area contributed by atoms with Gasteiger partial charge < -0.3 is 10.5 Å². The zero-order chi connectivity index (χ0) is 12.3. The van der Waals surface area contributed by atoms with Crippen LogP contribution in [-0.2, 0) is 4.74 Å². The second kappa shape index (κ2) is 4.92. The average molecular weight is 228 g/mol. The monoisotopic (exact) mass is 228 g/mol. The fourth-order valence-corrected chi connectivity index (χ4v) is 2.23. The van der Waals surface area contributed by atoms with Gasteiger partial charge in [-0.1, -0.05) is 37.3 Å². The van der Waals surface area contributed by atoms with Crippen molar-refractivity contribution in [3.05, 3.63) is 47.4 Å². The quantitative estimate of drug-likeness (QED) is 0.846. The summed E-state index contributed by atoms with van der Waals surface area (Å²) in [7, 11) is 0. The molecule has 17 heavy (non-hydrogen) atoms. The smallest absolute Gasteiger partial charge is 0.199 e. The van der Waals surface area contributed by atoms with E-state index in [1.54, 1.807) is 0 Å². The van der Waals surface area contributed by atoms with E-state index in [9.17, 15) is 0 Å². The van der Waals surface area contributed by atoms with Crippen LogP contribution < -0.4 is 5.73 Å². The molecule has 2 rings (SSSR count). The van der Waals surface area contributed by atoms with Gasteiger partial charge in [-0.05, 0) is 18.4 Å². The molecule has 1 aromatic carbocycles. The zero-order valence-corrected chi connectivity index (χ0v) is 9.89. The zero-order valence-electron chi connectivity index (χ0n) is 9.89. The van der Waals surface area contributed by atoms with Crippen molar-refractivity contribution in [2.75, 3.05) is 0 Å². The average Bonchev–Trinajstić information content (AvgIpc) is 2.38. The molecule has 0 saturated heterocycles. The second-order valence-electron chi connectivity index (χ2n) is 4.25. The molecule has 1 aliphatic heterocycles. The number of hydrogen-bond acceptors (Lipinski definition) is 3. The Hall–Kier alpha value is -1.95. The summed E-state index contributed by atoms with van der Waals surface area (Å²) in [6.07, 6.45) is 1.71. The van der Waals surface area contributed by atoms with Crippen LogP contribution in [0.3, 0.4) is 0 Å². The van der Waals surface area contributed by atoms with Crippen molar-refractivity contribution in [3.63, 3.8) is 0 Å². The van der Waals surface area contributed by atoms with Gasteiger partial charge in [-0.25, -0.2) is 0 Å². The van der Waals surface area contributed by atoms with Crippen LogP contribution in [0.2, 0.25) is 0 Å². The van der Waals surface area contributed by atoms with Crippen molar-refractivity contribution in [2.24, 2.45) is 11.7 Å². The van der Waals surface area contributed by atoms with E-state index < -0.39 is 0 Å². The highest BCUT2D eigenvalue weighted by Gasteiger charge is 2.29. The molecule has 0 saturated carbocycles. The first-order valence-corrected chi connectivity index (χ1v) is 5.87. The van der Waals surface area contributed by atoms with Crippen LogP contribution in [-0.4, -0.2) is 0 Å². The molecule has 0 fully saturated rings. The van der Waals surface area contributed by atoms with E-state index in [1.165, 1.54) is 0 Å². The molecule has 88 valence electrons. The number of nitrogens with two attached hydrogens (primary N) is 1. The summed E-state index contributed by atoms with van der Waals surface area (Å²) >= 11 is 0. The third kappa shape index (κ3) is 2.26. The molecule has 0 aromatic heterocycles. The molecule has 0 unspecified atom stereocenters. The fourth-order valence-electron chi connectivity index (χ4n) is 2.23. The number of nitriles is 1.